The Labute approximate surface area is 130 Å². The summed E-state index contributed by atoms with van der Waals surface area (Å²) in [6.45, 7) is 0.758. The van der Waals surface area contributed by atoms with Crippen LogP contribution in [0.4, 0.5) is 0 Å². The highest BCUT2D eigenvalue weighted by atomic mass is 16.2. The number of carbonyl (C=O) groups is 2. The number of nitrogens with zero attached hydrogens (tertiary/aromatic N) is 2. The molecule has 2 fully saturated rings. The Bertz CT molecular complexity index is 659. The number of piperazine rings is 1. The second-order valence-corrected chi connectivity index (χ2v) is 6.43. The van der Waals surface area contributed by atoms with E-state index in [0.29, 0.717) is 12.2 Å². The van der Waals surface area contributed by atoms with Crippen LogP contribution in [0.5, 0.6) is 0 Å². The van der Waals surface area contributed by atoms with Gasteiger partial charge in [0.15, 0.2) is 0 Å². The minimum Gasteiger partial charge on any atom is -0.325 e. The Hall–Kier alpha value is -2.10. The molecule has 1 saturated carbocycles. The first-order valence-corrected chi connectivity index (χ1v) is 8.15. The maximum absolute atomic E-state index is 12.9. The van der Waals surface area contributed by atoms with Gasteiger partial charge in [0.1, 0.15) is 12.2 Å². The van der Waals surface area contributed by atoms with Crippen LogP contribution in [0.1, 0.15) is 43.2 Å². The molecule has 0 N–H and O–H groups in total. The minimum absolute atomic E-state index is 0.0287. The Morgan fingerprint density at radius 1 is 0.955 bits per heavy atom. The molecule has 4 nitrogen and oxygen atoms in total. The Morgan fingerprint density at radius 3 is 2.55 bits per heavy atom. The summed E-state index contributed by atoms with van der Waals surface area (Å²) in [5.74, 6) is 0.0759. The van der Waals surface area contributed by atoms with Gasteiger partial charge in [0.2, 0.25) is 5.91 Å². The first kappa shape index (κ1) is 13.6. The Morgan fingerprint density at radius 2 is 1.73 bits per heavy atom. The van der Waals surface area contributed by atoms with Crippen molar-refractivity contribution in [2.45, 2.75) is 44.7 Å². The fourth-order valence-corrected chi connectivity index (χ4v) is 3.84. The van der Waals surface area contributed by atoms with E-state index in [1.807, 2.05) is 35.2 Å². The average molecular weight is 296 g/mol. The lowest BCUT2D eigenvalue weighted by molar-refractivity contribution is -0.148. The van der Waals surface area contributed by atoms with Gasteiger partial charge in [-0.1, -0.05) is 43.5 Å². The van der Waals surface area contributed by atoms with Gasteiger partial charge in [0.25, 0.3) is 5.91 Å². The SMILES string of the molecule is O=C1CN(C2CCCCC2)C(=O)C2=Cc3ccccc3CN12. The molecule has 0 bridgehead atoms. The molecule has 4 rings (SSSR count). The monoisotopic (exact) mass is 296 g/mol. The van der Waals surface area contributed by atoms with Gasteiger partial charge in [-0.25, -0.2) is 0 Å². The van der Waals surface area contributed by atoms with Crippen molar-refractivity contribution in [1.82, 2.24) is 9.80 Å². The Kier molecular flexibility index (Phi) is 3.25. The van der Waals surface area contributed by atoms with Crippen molar-refractivity contribution in [3.05, 3.63) is 41.1 Å². The van der Waals surface area contributed by atoms with Gasteiger partial charge < -0.3 is 9.80 Å². The van der Waals surface area contributed by atoms with E-state index in [1.165, 1.54) is 6.42 Å². The largest absolute Gasteiger partial charge is 0.325 e. The summed E-state index contributed by atoms with van der Waals surface area (Å²) in [6, 6.07) is 8.22. The number of hydrogen-bond donors (Lipinski definition) is 0. The lowest BCUT2D eigenvalue weighted by Crippen LogP contribution is -2.56. The van der Waals surface area contributed by atoms with Gasteiger partial charge in [-0.2, -0.15) is 0 Å². The lowest BCUT2D eigenvalue weighted by atomic mass is 9.92. The first-order valence-electron chi connectivity index (χ1n) is 8.15. The third-order valence-corrected chi connectivity index (χ3v) is 5.07. The predicted octanol–water partition coefficient (Wildman–Crippen LogP) is 2.54. The fourth-order valence-electron chi connectivity index (χ4n) is 3.84. The van der Waals surface area contributed by atoms with E-state index in [0.717, 1.165) is 36.8 Å². The molecule has 22 heavy (non-hydrogen) atoms. The highest BCUT2D eigenvalue weighted by Crippen LogP contribution is 2.32. The molecule has 4 heteroatoms. The predicted molar refractivity (Wildman–Crippen MR) is 83.6 cm³/mol. The van der Waals surface area contributed by atoms with Crippen LogP contribution in [0, 0.1) is 0 Å². The summed E-state index contributed by atoms with van der Waals surface area (Å²) in [4.78, 5) is 28.9. The van der Waals surface area contributed by atoms with Gasteiger partial charge in [0.05, 0.1) is 6.54 Å². The summed E-state index contributed by atoms with van der Waals surface area (Å²) in [6.07, 6.45) is 7.51. The van der Waals surface area contributed by atoms with Crippen LogP contribution < -0.4 is 0 Å². The summed E-state index contributed by atoms with van der Waals surface area (Å²) < 4.78 is 0. The van der Waals surface area contributed by atoms with Crippen LogP contribution >= 0.6 is 0 Å². The van der Waals surface area contributed by atoms with E-state index in [2.05, 4.69) is 0 Å². The standard InChI is InChI=1S/C18H20N2O2/c21-17-12-19(15-8-2-1-3-9-15)18(22)16-10-13-6-4-5-7-14(13)11-20(16)17/h4-7,10,15H,1-3,8-9,11-12H2. The van der Waals surface area contributed by atoms with Crippen molar-refractivity contribution in [3.8, 4) is 0 Å². The van der Waals surface area contributed by atoms with Crippen molar-refractivity contribution in [1.29, 1.82) is 0 Å². The van der Waals surface area contributed by atoms with Crippen LogP contribution in [0.15, 0.2) is 30.0 Å². The molecular formula is C18H20N2O2. The van der Waals surface area contributed by atoms with E-state index in [-0.39, 0.29) is 24.4 Å². The van der Waals surface area contributed by atoms with E-state index >= 15 is 0 Å². The normalized spacial score (nSPS) is 22.3. The van der Waals surface area contributed by atoms with Crippen molar-refractivity contribution in [3.63, 3.8) is 0 Å². The lowest BCUT2D eigenvalue weighted by Gasteiger charge is -2.42. The molecule has 1 aromatic carbocycles. The maximum atomic E-state index is 12.9. The molecule has 0 unspecified atom stereocenters. The molecule has 0 aromatic heterocycles. The highest BCUT2D eigenvalue weighted by molar-refractivity contribution is 6.06. The fraction of sp³-hybridized carbons (Fsp3) is 0.444. The van der Waals surface area contributed by atoms with Crippen molar-refractivity contribution in [2.24, 2.45) is 0 Å². The zero-order valence-corrected chi connectivity index (χ0v) is 12.6. The van der Waals surface area contributed by atoms with Crippen LogP contribution in [-0.2, 0) is 16.1 Å². The minimum atomic E-state index is 0.0287. The number of carbonyl (C=O) groups excluding carboxylic acids is 2. The molecule has 0 radical (unpaired) electrons. The number of fused-ring (bicyclic) bond motifs is 2. The Balaban J connectivity index is 1.68. The first-order chi connectivity index (χ1) is 10.7. The smallest absolute Gasteiger partial charge is 0.271 e. The van der Waals surface area contributed by atoms with Gasteiger partial charge in [-0.05, 0) is 30.0 Å². The topological polar surface area (TPSA) is 40.6 Å². The van der Waals surface area contributed by atoms with Crippen LogP contribution in [0.2, 0.25) is 0 Å². The van der Waals surface area contributed by atoms with Crippen molar-refractivity contribution in [2.75, 3.05) is 6.54 Å². The molecule has 114 valence electrons. The summed E-state index contributed by atoms with van der Waals surface area (Å²) >= 11 is 0. The maximum Gasteiger partial charge on any atom is 0.271 e. The zero-order valence-electron chi connectivity index (χ0n) is 12.6. The van der Waals surface area contributed by atoms with Crippen LogP contribution in [-0.4, -0.2) is 34.2 Å². The van der Waals surface area contributed by atoms with Gasteiger partial charge >= 0.3 is 0 Å². The van der Waals surface area contributed by atoms with E-state index in [4.69, 9.17) is 0 Å². The molecule has 2 aliphatic heterocycles. The quantitative estimate of drug-likeness (QED) is 0.799. The molecule has 0 atom stereocenters. The molecular weight excluding hydrogens is 276 g/mol. The molecule has 1 aromatic rings. The van der Waals surface area contributed by atoms with Gasteiger partial charge in [-0.3, -0.25) is 9.59 Å². The van der Waals surface area contributed by atoms with Gasteiger partial charge in [0, 0.05) is 6.04 Å². The number of hydrogen-bond acceptors (Lipinski definition) is 2. The second-order valence-electron chi connectivity index (χ2n) is 6.43. The third-order valence-electron chi connectivity index (χ3n) is 5.07. The van der Waals surface area contributed by atoms with Crippen LogP contribution in [0.3, 0.4) is 0 Å². The van der Waals surface area contributed by atoms with E-state index < -0.39 is 0 Å². The van der Waals surface area contributed by atoms with Gasteiger partial charge in [-0.15, -0.1) is 0 Å². The van der Waals surface area contributed by atoms with Crippen molar-refractivity contribution >= 4 is 17.9 Å². The zero-order chi connectivity index (χ0) is 15.1. The van der Waals surface area contributed by atoms with E-state index in [9.17, 15) is 9.59 Å². The van der Waals surface area contributed by atoms with Crippen molar-refractivity contribution < 1.29 is 9.59 Å². The summed E-state index contributed by atoms with van der Waals surface area (Å²) in [7, 11) is 0. The molecule has 3 aliphatic rings. The summed E-state index contributed by atoms with van der Waals surface area (Å²) in [5.41, 5.74) is 2.72. The molecule has 0 spiro atoms. The summed E-state index contributed by atoms with van der Waals surface area (Å²) in [5, 5.41) is 0. The molecule has 1 saturated heterocycles. The van der Waals surface area contributed by atoms with Crippen LogP contribution in [0.25, 0.3) is 6.08 Å². The average Bonchev–Trinajstić information content (AvgIpc) is 2.57. The molecule has 2 amide bonds. The highest BCUT2D eigenvalue weighted by Gasteiger charge is 2.39. The van der Waals surface area contributed by atoms with E-state index in [1.54, 1.807) is 4.90 Å². The molecule has 2 heterocycles. The third kappa shape index (κ3) is 2.14. The number of amides is 2. The molecule has 1 aliphatic carbocycles. The number of benzene rings is 1. The second kappa shape index (κ2) is 5.27. The number of rotatable bonds is 1.